The van der Waals surface area contributed by atoms with Gasteiger partial charge in [-0.25, -0.2) is 9.97 Å². The highest BCUT2D eigenvalue weighted by Crippen LogP contribution is 2.34. The van der Waals surface area contributed by atoms with E-state index in [9.17, 15) is 18.0 Å². The van der Waals surface area contributed by atoms with E-state index in [0.717, 1.165) is 6.07 Å². The average molecular weight is 297 g/mol. The average Bonchev–Trinajstić information content (AvgIpc) is 2.44. The largest absolute Gasteiger partial charge is 0.418 e. The van der Waals surface area contributed by atoms with E-state index in [1.54, 1.807) is 0 Å². The van der Waals surface area contributed by atoms with Gasteiger partial charge in [-0.15, -0.1) is 0 Å². The number of nitrogens with two attached hydrogens (primary N) is 1. The Kier molecular flexibility index (Phi) is 3.92. The Morgan fingerprint density at radius 3 is 2.48 bits per heavy atom. The van der Waals surface area contributed by atoms with Crippen molar-refractivity contribution >= 4 is 17.4 Å². The Labute approximate surface area is 117 Å². The number of hydrogen-bond donors (Lipinski definition) is 3. The Bertz CT molecular complexity index is 659. The fourth-order valence-electron chi connectivity index (χ4n) is 1.55. The van der Waals surface area contributed by atoms with Gasteiger partial charge in [0.2, 0.25) is 0 Å². The molecule has 4 N–H and O–H groups in total. The lowest BCUT2D eigenvalue weighted by molar-refractivity contribution is -0.137. The van der Waals surface area contributed by atoms with Gasteiger partial charge in [-0.1, -0.05) is 12.1 Å². The predicted octanol–water partition coefficient (Wildman–Crippen LogP) is 1.83. The maximum Gasteiger partial charge on any atom is 0.418 e. The van der Waals surface area contributed by atoms with Gasteiger partial charge in [-0.05, 0) is 12.1 Å². The molecule has 1 heterocycles. The number of rotatable bonds is 3. The van der Waals surface area contributed by atoms with Gasteiger partial charge in [0.25, 0.3) is 5.91 Å². The predicted molar refractivity (Wildman–Crippen MR) is 69.0 cm³/mol. The van der Waals surface area contributed by atoms with Crippen LogP contribution in [0.25, 0.3) is 0 Å². The SMILES string of the molecule is Nc1nccnc1C(=O)NNc1ccccc1C(F)(F)F. The standard InChI is InChI=1S/C12H10F3N5O/c13-12(14,15)7-3-1-2-4-8(7)19-20-11(21)9-10(16)18-6-5-17-9/h1-6,19H,(H2,16,18)(H,20,21). The Balaban J connectivity index is 2.14. The number of alkyl halides is 3. The first-order valence-corrected chi connectivity index (χ1v) is 5.68. The highest BCUT2D eigenvalue weighted by atomic mass is 19.4. The fraction of sp³-hybridized carbons (Fsp3) is 0.0833. The van der Waals surface area contributed by atoms with Crippen LogP contribution in [0.15, 0.2) is 36.7 Å². The zero-order chi connectivity index (χ0) is 15.5. The Morgan fingerprint density at radius 2 is 1.81 bits per heavy atom. The topological polar surface area (TPSA) is 92.9 Å². The molecule has 21 heavy (non-hydrogen) atoms. The zero-order valence-corrected chi connectivity index (χ0v) is 10.5. The maximum atomic E-state index is 12.8. The number of hydrogen-bond acceptors (Lipinski definition) is 5. The summed E-state index contributed by atoms with van der Waals surface area (Å²) in [5.74, 6) is -0.918. The van der Waals surface area contributed by atoms with Gasteiger partial charge in [0.1, 0.15) is 0 Å². The van der Waals surface area contributed by atoms with Crippen LogP contribution in [0.5, 0.6) is 0 Å². The van der Waals surface area contributed by atoms with Gasteiger partial charge in [0.15, 0.2) is 11.5 Å². The van der Waals surface area contributed by atoms with Crippen LogP contribution < -0.4 is 16.6 Å². The number of nitrogens with zero attached hydrogens (tertiary/aromatic N) is 2. The van der Waals surface area contributed by atoms with E-state index < -0.39 is 17.6 Å². The molecule has 0 saturated heterocycles. The van der Waals surface area contributed by atoms with Crippen molar-refractivity contribution in [2.24, 2.45) is 0 Å². The molecule has 1 aromatic heterocycles. The summed E-state index contributed by atoms with van der Waals surface area (Å²) >= 11 is 0. The summed E-state index contributed by atoms with van der Waals surface area (Å²) in [7, 11) is 0. The van der Waals surface area contributed by atoms with Gasteiger partial charge in [-0.2, -0.15) is 13.2 Å². The molecule has 0 spiro atoms. The Hall–Kier alpha value is -2.84. The third-order valence-corrected chi connectivity index (χ3v) is 2.48. The number of amides is 1. The van der Waals surface area contributed by atoms with Crippen molar-refractivity contribution in [3.05, 3.63) is 47.9 Å². The van der Waals surface area contributed by atoms with E-state index >= 15 is 0 Å². The number of hydrazine groups is 1. The van der Waals surface area contributed by atoms with Crippen LogP contribution in [-0.4, -0.2) is 15.9 Å². The Morgan fingerprint density at radius 1 is 1.14 bits per heavy atom. The highest BCUT2D eigenvalue weighted by molar-refractivity contribution is 5.96. The van der Waals surface area contributed by atoms with Crippen molar-refractivity contribution in [2.45, 2.75) is 6.18 Å². The van der Waals surface area contributed by atoms with Crippen molar-refractivity contribution in [3.8, 4) is 0 Å². The second kappa shape index (κ2) is 5.65. The van der Waals surface area contributed by atoms with Crippen LogP contribution in [0.1, 0.15) is 16.1 Å². The maximum absolute atomic E-state index is 12.8. The van der Waals surface area contributed by atoms with Crippen LogP contribution in [0, 0.1) is 0 Å². The summed E-state index contributed by atoms with van der Waals surface area (Å²) < 4.78 is 38.3. The molecule has 1 amide bonds. The molecule has 0 atom stereocenters. The van der Waals surface area contributed by atoms with E-state index in [0.29, 0.717) is 0 Å². The fourth-order valence-corrected chi connectivity index (χ4v) is 1.55. The van der Waals surface area contributed by atoms with E-state index in [4.69, 9.17) is 5.73 Å². The molecule has 1 aromatic carbocycles. The van der Waals surface area contributed by atoms with Crippen LogP contribution >= 0.6 is 0 Å². The summed E-state index contributed by atoms with van der Waals surface area (Å²) in [6, 6.07) is 4.73. The minimum absolute atomic E-state index is 0.124. The molecule has 0 unspecified atom stereocenters. The lowest BCUT2D eigenvalue weighted by Gasteiger charge is -2.14. The number of carbonyl (C=O) groups is 1. The normalized spacial score (nSPS) is 11.0. The lowest BCUT2D eigenvalue weighted by Crippen LogP contribution is -2.32. The molecular weight excluding hydrogens is 287 g/mol. The van der Waals surface area contributed by atoms with Crippen molar-refractivity contribution in [1.82, 2.24) is 15.4 Å². The summed E-state index contributed by atoms with van der Waals surface area (Å²) in [6.45, 7) is 0. The number of aromatic nitrogens is 2. The number of carbonyl (C=O) groups excluding carboxylic acids is 1. The van der Waals surface area contributed by atoms with Crippen LogP contribution in [0.3, 0.4) is 0 Å². The first kappa shape index (κ1) is 14.6. The second-order valence-electron chi connectivity index (χ2n) is 3.91. The number of anilines is 2. The monoisotopic (exact) mass is 297 g/mol. The zero-order valence-electron chi connectivity index (χ0n) is 10.5. The van der Waals surface area contributed by atoms with Crippen molar-refractivity contribution in [2.75, 3.05) is 11.2 Å². The number of nitrogen functional groups attached to an aromatic ring is 1. The first-order chi connectivity index (χ1) is 9.89. The molecule has 9 heteroatoms. The summed E-state index contributed by atoms with van der Waals surface area (Å²) in [5, 5.41) is 0. The number of nitrogens with one attached hydrogen (secondary N) is 2. The van der Waals surface area contributed by atoms with Gasteiger partial charge < -0.3 is 5.73 Å². The molecular formula is C12H10F3N5O. The summed E-state index contributed by atoms with van der Waals surface area (Å²) in [5.41, 5.74) is 8.37. The molecule has 6 nitrogen and oxygen atoms in total. The molecule has 0 aliphatic rings. The third kappa shape index (κ3) is 3.38. The lowest BCUT2D eigenvalue weighted by atomic mass is 10.2. The van der Waals surface area contributed by atoms with Crippen molar-refractivity contribution in [1.29, 1.82) is 0 Å². The number of benzene rings is 1. The van der Waals surface area contributed by atoms with Gasteiger partial charge in [-0.3, -0.25) is 15.6 Å². The molecule has 0 aliphatic heterocycles. The molecule has 0 aliphatic carbocycles. The van der Waals surface area contributed by atoms with Gasteiger partial charge in [0, 0.05) is 12.4 Å². The molecule has 0 radical (unpaired) electrons. The highest BCUT2D eigenvalue weighted by Gasteiger charge is 2.33. The molecule has 0 bridgehead atoms. The van der Waals surface area contributed by atoms with Crippen molar-refractivity contribution in [3.63, 3.8) is 0 Å². The molecule has 0 fully saturated rings. The number of para-hydroxylation sites is 1. The van der Waals surface area contributed by atoms with E-state index in [1.165, 1.54) is 30.6 Å². The smallest absolute Gasteiger partial charge is 0.382 e. The number of halogens is 3. The molecule has 110 valence electrons. The van der Waals surface area contributed by atoms with Crippen molar-refractivity contribution < 1.29 is 18.0 Å². The first-order valence-electron chi connectivity index (χ1n) is 5.68. The minimum atomic E-state index is -4.54. The quantitative estimate of drug-likeness (QED) is 0.752. The minimum Gasteiger partial charge on any atom is -0.382 e. The van der Waals surface area contributed by atoms with E-state index in [2.05, 4.69) is 20.8 Å². The second-order valence-corrected chi connectivity index (χ2v) is 3.91. The van der Waals surface area contributed by atoms with Crippen LogP contribution in [0.2, 0.25) is 0 Å². The van der Waals surface area contributed by atoms with E-state index in [-0.39, 0.29) is 17.2 Å². The third-order valence-electron chi connectivity index (χ3n) is 2.48. The molecule has 0 saturated carbocycles. The van der Waals surface area contributed by atoms with Gasteiger partial charge >= 0.3 is 6.18 Å². The van der Waals surface area contributed by atoms with Crippen LogP contribution in [0.4, 0.5) is 24.7 Å². The van der Waals surface area contributed by atoms with Gasteiger partial charge in [0.05, 0.1) is 11.3 Å². The summed E-state index contributed by atoms with van der Waals surface area (Å²) in [4.78, 5) is 19.1. The van der Waals surface area contributed by atoms with E-state index in [1.807, 2.05) is 0 Å². The molecule has 2 aromatic rings. The molecule has 2 rings (SSSR count). The summed E-state index contributed by atoms with van der Waals surface area (Å²) in [6.07, 6.45) is -2.01. The van der Waals surface area contributed by atoms with Crippen LogP contribution in [-0.2, 0) is 6.18 Å².